The molecule has 13 heavy (non-hydrogen) atoms. The summed E-state index contributed by atoms with van der Waals surface area (Å²) in [7, 11) is 0. The van der Waals surface area contributed by atoms with Crippen molar-refractivity contribution in [3.8, 4) is 6.07 Å². The van der Waals surface area contributed by atoms with E-state index in [4.69, 9.17) is 5.26 Å². The highest BCUT2D eigenvalue weighted by Crippen LogP contribution is 2.20. The Hall–Kier alpha value is -1.33. The van der Waals surface area contributed by atoms with Crippen LogP contribution in [0.1, 0.15) is 22.3 Å². The molecule has 0 spiro atoms. The van der Waals surface area contributed by atoms with Gasteiger partial charge in [-0.2, -0.15) is 5.26 Å². The van der Waals surface area contributed by atoms with Crippen LogP contribution in [0.5, 0.6) is 0 Å². The van der Waals surface area contributed by atoms with E-state index in [0.29, 0.717) is 0 Å². The summed E-state index contributed by atoms with van der Waals surface area (Å²) >= 11 is 0. The molecule has 0 fully saturated rings. The third-order valence-corrected chi connectivity index (χ3v) is 2.60. The molecule has 2 nitrogen and oxygen atoms in total. The van der Waals surface area contributed by atoms with Crippen molar-refractivity contribution in [1.29, 1.82) is 5.26 Å². The lowest BCUT2D eigenvalue weighted by atomic mass is 9.93. The van der Waals surface area contributed by atoms with Gasteiger partial charge >= 0.3 is 0 Å². The molecule has 0 bridgehead atoms. The van der Waals surface area contributed by atoms with E-state index in [1.807, 2.05) is 13.0 Å². The van der Waals surface area contributed by atoms with E-state index in [-0.39, 0.29) is 0 Å². The van der Waals surface area contributed by atoms with Crippen LogP contribution in [0, 0.1) is 18.3 Å². The maximum atomic E-state index is 9.00. The number of hydrogen-bond acceptors (Lipinski definition) is 2. The Balaban J connectivity index is 2.60. The monoisotopic (exact) mass is 172 g/mol. The summed E-state index contributed by atoms with van der Waals surface area (Å²) in [5, 5.41) is 12.3. The largest absolute Gasteiger partial charge is 0.312 e. The molecule has 1 aromatic carbocycles. The SMILES string of the molecule is Cc1ccc2c(c1C#N)CCNC2. The van der Waals surface area contributed by atoms with Crippen LogP contribution in [-0.2, 0) is 13.0 Å². The average molecular weight is 172 g/mol. The van der Waals surface area contributed by atoms with Gasteiger partial charge in [0.25, 0.3) is 0 Å². The normalized spacial score (nSPS) is 14.8. The van der Waals surface area contributed by atoms with Gasteiger partial charge in [-0.15, -0.1) is 0 Å². The Morgan fingerprint density at radius 1 is 1.46 bits per heavy atom. The van der Waals surface area contributed by atoms with Gasteiger partial charge in [-0.25, -0.2) is 0 Å². The van der Waals surface area contributed by atoms with E-state index in [1.54, 1.807) is 0 Å². The molecule has 0 radical (unpaired) electrons. The fraction of sp³-hybridized carbons (Fsp3) is 0.364. The van der Waals surface area contributed by atoms with Gasteiger partial charge in [0.1, 0.15) is 0 Å². The Morgan fingerprint density at radius 3 is 3.08 bits per heavy atom. The molecule has 66 valence electrons. The summed E-state index contributed by atoms with van der Waals surface area (Å²) in [6.07, 6.45) is 0.986. The fourth-order valence-electron chi connectivity index (χ4n) is 1.85. The van der Waals surface area contributed by atoms with Gasteiger partial charge in [-0.05, 0) is 36.6 Å². The van der Waals surface area contributed by atoms with Crippen molar-refractivity contribution < 1.29 is 0 Å². The zero-order chi connectivity index (χ0) is 9.26. The van der Waals surface area contributed by atoms with Gasteiger partial charge in [0.15, 0.2) is 0 Å². The molecule has 1 aromatic rings. The zero-order valence-corrected chi connectivity index (χ0v) is 7.72. The summed E-state index contributed by atoms with van der Waals surface area (Å²) in [5.74, 6) is 0. The number of aryl methyl sites for hydroxylation is 1. The molecule has 0 aliphatic carbocycles. The van der Waals surface area contributed by atoms with Gasteiger partial charge in [0.2, 0.25) is 0 Å². The highest BCUT2D eigenvalue weighted by atomic mass is 14.9. The molecule has 0 saturated carbocycles. The number of hydrogen-bond donors (Lipinski definition) is 1. The predicted octanol–water partition coefficient (Wildman–Crippen LogP) is 1.51. The Labute approximate surface area is 78.2 Å². The van der Waals surface area contributed by atoms with Crippen LogP contribution >= 0.6 is 0 Å². The van der Waals surface area contributed by atoms with E-state index >= 15 is 0 Å². The van der Waals surface area contributed by atoms with Crippen molar-refractivity contribution in [2.75, 3.05) is 6.54 Å². The fourth-order valence-corrected chi connectivity index (χ4v) is 1.85. The number of rotatable bonds is 0. The van der Waals surface area contributed by atoms with Crippen LogP contribution in [-0.4, -0.2) is 6.54 Å². The van der Waals surface area contributed by atoms with Gasteiger partial charge in [-0.3, -0.25) is 0 Å². The Morgan fingerprint density at radius 2 is 2.31 bits per heavy atom. The lowest BCUT2D eigenvalue weighted by Gasteiger charge is -2.18. The number of nitriles is 1. The molecular formula is C11H12N2. The molecular weight excluding hydrogens is 160 g/mol. The molecule has 1 aliphatic heterocycles. The zero-order valence-electron chi connectivity index (χ0n) is 7.72. The molecule has 1 N–H and O–H groups in total. The molecule has 1 heterocycles. The molecule has 1 aliphatic rings. The van der Waals surface area contributed by atoms with E-state index in [9.17, 15) is 0 Å². The first-order valence-corrected chi connectivity index (χ1v) is 4.55. The number of fused-ring (bicyclic) bond motifs is 1. The topological polar surface area (TPSA) is 35.8 Å². The van der Waals surface area contributed by atoms with Crippen molar-refractivity contribution in [1.82, 2.24) is 5.32 Å². The Kier molecular flexibility index (Phi) is 2.03. The van der Waals surface area contributed by atoms with Crippen molar-refractivity contribution in [3.63, 3.8) is 0 Å². The van der Waals surface area contributed by atoms with Crippen molar-refractivity contribution in [3.05, 3.63) is 34.4 Å². The first-order chi connectivity index (χ1) is 6.33. The van der Waals surface area contributed by atoms with Crippen molar-refractivity contribution in [2.24, 2.45) is 0 Å². The second-order valence-corrected chi connectivity index (χ2v) is 3.43. The molecule has 2 rings (SSSR count). The van der Waals surface area contributed by atoms with Gasteiger partial charge < -0.3 is 5.32 Å². The van der Waals surface area contributed by atoms with Crippen LogP contribution in [0.2, 0.25) is 0 Å². The lowest BCUT2D eigenvalue weighted by Crippen LogP contribution is -2.24. The minimum Gasteiger partial charge on any atom is -0.312 e. The molecule has 0 unspecified atom stereocenters. The number of nitrogens with zero attached hydrogens (tertiary/aromatic N) is 1. The second-order valence-electron chi connectivity index (χ2n) is 3.43. The van der Waals surface area contributed by atoms with Crippen molar-refractivity contribution >= 4 is 0 Å². The molecule has 0 atom stereocenters. The van der Waals surface area contributed by atoms with Crippen LogP contribution in [0.15, 0.2) is 12.1 Å². The summed E-state index contributed by atoms with van der Waals surface area (Å²) in [4.78, 5) is 0. The number of benzene rings is 1. The van der Waals surface area contributed by atoms with Crippen molar-refractivity contribution in [2.45, 2.75) is 19.9 Å². The van der Waals surface area contributed by atoms with E-state index < -0.39 is 0 Å². The minimum atomic E-state index is 0.888. The smallest absolute Gasteiger partial charge is 0.0997 e. The van der Waals surface area contributed by atoms with Gasteiger partial charge in [-0.1, -0.05) is 12.1 Å². The molecule has 0 saturated heterocycles. The summed E-state index contributed by atoms with van der Waals surface area (Å²) in [5.41, 5.74) is 4.52. The van der Waals surface area contributed by atoms with Crippen LogP contribution in [0.4, 0.5) is 0 Å². The van der Waals surface area contributed by atoms with E-state index in [0.717, 1.165) is 30.6 Å². The molecule has 2 heteroatoms. The average Bonchev–Trinajstić information content (AvgIpc) is 2.18. The second kappa shape index (κ2) is 3.20. The van der Waals surface area contributed by atoms with Gasteiger partial charge in [0.05, 0.1) is 11.6 Å². The predicted molar refractivity (Wildman–Crippen MR) is 51.3 cm³/mol. The van der Waals surface area contributed by atoms with Crippen LogP contribution in [0.25, 0.3) is 0 Å². The highest BCUT2D eigenvalue weighted by Gasteiger charge is 2.13. The molecule has 0 aromatic heterocycles. The summed E-state index contributed by atoms with van der Waals surface area (Å²) in [6, 6.07) is 6.45. The third-order valence-electron chi connectivity index (χ3n) is 2.60. The standard InChI is InChI=1S/C11H12N2/c1-8-2-3-9-7-13-5-4-10(9)11(8)6-12/h2-3,13H,4-5,7H2,1H3. The van der Waals surface area contributed by atoms with Crippen LogP contribution < -0.4 is 5.32 Å². The van der Waals surface area contributed by atoms with E-state index in [2.05, 4.69) is 17.5 Å². The lowest BCUT2D eigenvalue weighted by molar-refractivity contribution is 0.642. The summed E-state index contributed by atoms with van der Waals surface area (Å²) < 4.78 is 0. The van der Waals surface area contributed by atoms with Crippen LogP contribution in [0.3, 0.4) is 0 Å². The summed E-state index contributed by atoms with van der Waals surface area (Å²) in [6.45, 7) is 3.90. The first-order valence-electron chi connectivity index (χ1n) is 4.55. The highest BCUT2D eigenvalue weighted by molar-refractivity contribution is 5.48. The van der Waals surface area contributed by atoms with Gasteiger partial charge in [0, 0.05) is 6.54 Å². The maximum Gasteiger partial charge on any atom is 0.0997 e. The Bertz CT molecular complexity index is 374. The first kappa shape index (κ1) is 8.28. The van der Waals surface area contributed by atoms with E-state index in [1.165, 1.54) is 11.1 Å². The quantitative estimate of drug-likeness (QED) is 0.644. The maximum absolute atomic E-state index is 9.00. The molecule has 0 amide bonds. The number of nitrogens with one attached hydrogen (secondary N) is 1. The minimum absolute atomic E-state index is 0.888. The third kappa shape index (κ3) is 1.32.